The number of fused-ring (bicyclic) bond motifs is 1. The maximum atomic E-state index is 13.3. The van der Waals surface area contributed by atoms with Crippen LogP contribution in [0.25, 0.3) is 5.65 Å². The summed E-state index contributed by atoms with van der Waals surface area (Å²) >= 11 is 5.85. The van der Waals surface area contributed by atoms with E-state index in [4.69, 9.17) is 11.6 Å². The average molecular weight is 334 g/mol. The van der Waals surface area contributed by atoms with Gasteiger partial charge < -0.3 is 10.2 Å². The molecule has 3 heterocycles. The topological polar surface area (TPSA) is 71.2 Å². The standard InChI is InChI=1S/C14H13ClFN7/c15-11-7-10(1-2-12(11)16)22-6-5-9(8-22)17-13-3-4-14-18-20-21-23(14)19-13/h1-4,7,9H,5-6,8H2,(H,17,19). The number of hydrogen-bond donors (Lipinski definition) is 1. The zero-order valence-electron chi connectivity index (χ0n) is 12.0. The van der Waals surface area contributed by atoms with Gasteiger partial charge in [-0.2, -0.15) is 0 Å². The molecule has 1 aliphatic rings. The lowest BCUT2D eigenvalue weighted by Gasteiger charge is -2.19. The predicted octanol–water partition coefficient (Wildman–Crippen LogP) is 2.00. The third-order valence-electron chi connectivity index (χ3n) is 3.88. The average Bonchev–Trinajstić information content (AvgIpc) is 3.19. The highest BCUT2D eigenvalue weighted by Crippen LogP contribution is 2.26. The van der Waals surface area contributed by atoms with Crippen molar-refractivity contribution in [2.45, 2.75) is 12.5 Å². The molecule has 9 heteroatoms. The number of tetrazole rings is 1. The van der Waals surface area contributed by atoms with Crippen molar-refractivity contribution >= 4 is 28.8 Å². The van der Waals surface area contributed by atoms with Crippen molar-refractivity contribution in [1.29, 1.82) is 0 Å². The first kappa shape index (κ1) is 14.1. The minimum atomic E-state index is -0.400. The van der Waals surface area contributed by atoms with Gasteiger partial charge in [0, 0.05) is 24.8 Å². The van der Waals surface area contributed by atoms with Gasteiger partial charge in [-0.1, -0.05) is 11.6 Å². The molecule has 2 aromatic heterocycles. The van der Waals surface area contributed by atoms with Crippen LogP contribution in [0.3, 0.4) is 0 Å². The Balaban J connectivity index is 1.46. The molecule has 0 aliphatic carbocycles. The van der Waals surface area contributed by atoms with Crippen LogP contribution in [0.4, 0.5) is 15.9 Å². The second kappa shape index (κ2) is 5.62. The molecule has 23 heavy (non-hydrogen) atoms. The Labute approximate surface area is 136 Å². The summed E-state index contributed by atoms with van der Waals surface area (Å²) in [7, 11) is 0. The minimum absolute atomic E-state index is 0.143. The van der Waals surface area contributed by atoms with Gasteiger partial charge >= 0.3 is 0 Å². The van der Waals surface area contributed by atoms with Crippen LogP contribution < -0.4 is 10.2 Å². The van der Waals surface area contributed by atoms with E-state index in [1.807, 2.05) is 12.1 Å². The number of nitrogens with zero attached hydrogens (tertiary/aromatic N) is 6. The fourth-order valence-electron chi connectivity index (χ4n) is 2.73. The van der Waals surface area contributed by atoms with E-state index < -0.39 is 5.82 Å². The van der Waals surface area contributed by atoms with E-state index in [0.717, 1.165) is 25.2 Å². The van der Waals surface area contributed by atoms with Gasteiger partial charge in [0.1, 0.15) is 11.6 Å². The number of hydrogen-bond acceptors (Lipinski definition) is 6. The second-order valence-electron chi connectivity index (χ2n) is 5.42. The summed E-state index contributed by atoms with van der Waals surface area (Å²) in [5, 5.41) is 19.0. The Morgan fingerprint density at radius 3 is 3.04 bits per heavy atom. The first-order chi connectivity index (χ1) is 11.2. The molecule has 0 radical (unpaired) electrons. The van der Waals surface area contributed by atoms with Crippen LogP contribution >= 0.6 is 11.6 Å². The fraction of sp³-hybridized carbons (Fsp3) is 0.286. The molecule has 3 aromatic rings. The van der Waals surface area contributed by atoms with Crippen molar-refractivity contribution in [2.75, 3.05) is 23.3 Å². The smallest absolute Gasteiger partial charge is 0.200 e. The van der Waals surface area contributed by atoms with Crippen molar-refractivity contribution in [3.05, 3.63) is 41.2 Å². The number of benzene rings is 1. The van der Waals surface area contributed by atoms with Crippen LogP contribution in [0.5, 0.6) is 0 Å². The van der Waals surface area contributed by atoms with Crippen molar-refractivity contribution in [1.82, 2.24) is 25.3 Å². The summed E-state index contributed by atoms with van der Waals surface area (Å²) < 4.78 is 14.6. The Kier molecular flexibility index (Phi) is 3.45. The van der Waals surface area contributed by atoms with Crippen LogP contribution in [-0.4, -0.2) is 44.4 Å². The number of nitrogens with one attached hydrogen (secondary N) is 1. The van der Waals surface area contributed by atoms with Crippen molar-refractivity contribution in [3.8, 4) is 0 Å². The molecule has 1 aromatic carbocycles. The molecule has 1 fully saturated rings. The van der Waals surface area contributed by atoms with Gasteiger partial charge in [-0.3, -0.25) is 0 Å². The Bertz CT molecular complexity index is 852. The molecule has 1 atom stereocenters. The van der Waals surface area contributed by atoms with Crippen molar-refractivity contribution < 1.29 is 4.39 Å². The van der Waals surface area contributed by atoms with Gasteiger partial charge in [0.05, 0.1) is 5.02 Å². The molecule has 7 nitrogen and oxygen atoms in total. The van der Waals surface area contributed by atoms with Gasteiger partial charge in [0.15, 0.2) is 5.65 Å². The maximum absolute atomic E-state index is 13.3. The molecule has 0 spiro atoms. The summed E-state index contributed by atoms with van der Waals surface area (Å²) in [6.45, 7) is 1.66. The molecule has 1 aliphatic heterocycles. The molecule has 0 bridgehead atoms. The zero-order chi connectivity index (χ0) is 15.8. The summed E-state index contributed by atoms with van der Waals surface area (Å²) in [5.74, 6) is 0.317. The molecule has 0 amide bonds. The summed E-state index contributed by atoms with van der Waals surface area (Å²) in [4.78, 5) is 2.17. The van der Waals surface area contributed by atoms with Crippen LogP contribution in [0.15, 0.2) is 30.3 Å². The van der Waals surface area contributed by atoms with E-state index in [1.54, 1.807) is 12.1 Å². The third kappa shape index (κ3) is 2.77. The molecule has 1 unspecified atom stereocenters. The predicted molar refractivity (Wildman–Crippen MR) is 84.2 cm³/mol. The van der Waals surface area contributed by atoms with E-state index in [0.29, 0.717) is 11.5 Å². The zero-order valence-corrected chi connectivity index (χ0v) is 12.8. The molecule has 0 saturated carbocycles. The van der Waals surface area contributed by atoms with E-state index in [1.165, 1.54) is 10.7 Å². The van der Waals surface area contributed by atoms with Crippen LogP contribution in [0.2, 0.25) is 5.02 Å². The Morgan fingerprint density at radius 1 is 1.26 bits per heavy atom. The number of rotatable bonds is 3. The molecule has 1 N–H and O–H groups in total. The Hall–Kier alpha value is -2.48. The normalized spacial score (nSPS) is 17.8. The summed E-state index contributed by atoms with van der Waals surface area (Å²) in [6.07, 6.45) is 0.949. The lowest BCUT2D eigenvalue weighted by Crippen LogP contribution is -2.26. The first-order valence-electron chi connectivity index (χ1n) is 7.21. The lowest BCUT2D eigenvalue weighted by molar-refractivity contribution is 0.628. The fourth-order valence-corrected chi connectivity index (χ4v) is 2.90. The van der Waals surface area contributed by atoms with Gasteiger partial charge in [-0.25, -0.2) is 4.39 Å². The highest BCUT2D eigenvalue weighted by Gasteiger charge is 2.23. The van der Waals surface area contributed by atoms with Gasteiger partial charge in [-0.15, -0.1) is 14.8 Å². The molecule has 118 valence electrons. The SMILES string of the molecule is Fc1ccc(N2CCC(Nc3ccc4nnnn4n3)C2)cc1Cl. The van der Waals surface area contributed by atoms with E-state index in [-0.39, 0.29) is 11.1 Å². The van der Waals surface area contributed by atoms with Gasteiger partial charge in [0.2, 0.25) is 0 Å². The molecule has 4 rings (SSSR count). The third-order valence-corrected chi connectivity index (χ3v) is 4.17. The van der Waals surface area contributed by atoms with E-state index in [2.05, 4.69) is 30.8 Å². The number of anilines is 2. The highest BCUT2D eigenvalue weighted by molar-refractivity contribution is 6.31. The van der Waals surface area contributed by atoms with Crippen molar-refractivity contribution in [2.24, 2.45) is 0 Å². The first-order valence-corrected chi connectivity index (χ1v) is 7.59. The number of aromatic nitrogens is 5. The lowest BCUT2D eigenvalue weighted by atomic mass is 10.2. The molecule has 1 saturated heterocycles. The largest absolute Gasteiger partial charge is 0.369 e. The minimum Gasteiger partial charge on any atom is -0.369 e. The highest BCUT2D eigenvalue weighted by atomic mass is 35.5. The summed E-state index contributed by atoms with van der Waals surface area (Å²) in [6, 6.07) is 8.69. The van der Waals surface area contributed by atoms with E-state index in [9.17, 15) is 4.39 Å². The number of halogens is 2. The monoisotopic (exact) mass is 333 g/mol. The second-order valence-corrected chi connectivity index (χ2v) is 5.83. The van der Waals surface area contributed by atoms with Crippen LogP contribution in [0, 0.1) is 5.82 Å². The van der Waals surface area contributed by atoms with Gasteiger partial charge in [-0.05, 0) is 47.2 Å². The van der Waals surface area contributed by atoms with Crippen molar-refractivity contribution in [3.63, 3.8) is 0 Å². The Morgan fingerprint density at radius 2 is 2.17 bits per heavy atom. The van der Waals surface area contributed by atoms with Gasteiger partial charge in [0.25, 0.3) is 0 Å². The maximum Gasteiger partial charge on any atom is 0.200 e. The molecular weight excluding hydrogens is 321 g/mol. The quantitative estimate of drug-likeness (QED) is 0.790. The van der Waals surface area contributed by atoms with Crippen LogP contribution in [0.1, 0.15) is 6.42 Å². The molecular formula is C14H13ClFN7. The van der Waals surface area contributed by atoms with Crippen LogP contribution in [-0.2, 0) is 0 Å². The summed E-state index contributed by atoms with van der Waals surface area (Å²) in [5.41, 5.74) is 1.52. The van der Waals surface area contributed by atoms with E-state index >= 15 is 0 Å².